The van der Waals surface area contributed by atoms with E-state index in [1.54, 1.807) is 18.5 Å². The summed E-state index contributed by atoms with van der Waals surface area (Å²) in [6.07, 6.45) is 9.42. The number of benzene rings is 1. The molecule has 5 N–H and O–H groups in total. The highest BCUT2D eigenvalue weighted by Crippen LogP contribution is 2.46. The van der Waals surface area contributed by atoms with Crippen molar-refractivity contribution < 1.29 is 29.0 Å². The third kappa shape index (κ3) is 7.24. The van der Waals surface area contributed by atoms with Gasteiger partial charge in [-0.2, -0.15) is 5.10 Å². The number of aromatic nitrogens is 4. The number of carboxylic acid groups (broad SMARTS) is 1. The highest BCUT2D eigenvalue weighted by molar-refractivity contribution is 6.06. The molecule has 0 saturated carbocycles. The number of rotatable bonds is 14. The molecular weight excluding hydrogens is 638 g/mol. The summed E-state index contributed by atoms with van der Waals surface area (Å²) in [4.78, 5) is 47.9. The second kappa shape index (κ2) is 15.0. The van der Waals surface area contributed by atoms with E-state index < -0.39 is 23.3 Å². The van der Waals surface area contributed by atoms with Gasteiger partial charge in [0.25, 0.3) is 5.91 Å². The fourth-order valence-corrected chi connectivity index (χ4v) is 6.22. The zero-order valence-corrected chi connectivity index (χ0v) is 27.5. The van der Waals surface area contributed by atoms with E-state index in [1.165, 1.54) is 6.20 Å². The molecule has 2 amide bonds. The van der Waals surface area contributed by atoms with Gasteiger partial charge in [0.15, 0.2) is 0 Å². The molecule has 0 unspecified atom stereocenters. The molecule has 4 heterocycles. The number of fused-ring (bicyclic) bond motifs is 4. The first-order valence-corrected chi connectivity index (χ1v) is 15.5. The Labute approximate surface area is 283 Å². The predicted octanol–water partition coefficient (Wildman–Crippen LogP) is 2.76. The Kier molecular flexibility index (Phi) is 10.8. The Morgan fingerprint density at radius 2 is 1.92 bits per heavy atom. The maximum atomic E-state index is 13.4. The minimum absolute atomic E-state index is 0. The zero-order valence-electron chi connectivity index (χ0n) is 26.7. The average Bonchev–Trinajstić information content (AvgIpc) is 3.75. The normalized spacial score (nSPS) is 16.9. The predicted molar refractivity (Wildman–Crippen MR) is 181 cm³/mol. The Balaban J connectivity index is 0.00000451. The lowest BCUT2D eigenvalue weighted by Crippen LogP contribution is -2.42. The number of hydrogen-bond donors (Lipinski definition) is 5. The topological polar surface area (TPSA) is 180 Å². The zero-order chi connectivity index (χ0) is 33.0. The largest absolute Gasteiger partial charge is 0.480 e. The average molecular weight is 676 g/mol. The number of aromatic amines is 1. The van der Waals surface area contributed by atoms with E-state index in [-0.39, 0.29) is 30.3 Å². The van der Waals surface area contributed by atoms with Crippen LogP contribution in [0, 0.1) is 6.92 Å². The second-order valence-electron chi connectivity index (χ2n) is 11.9. The van der Waals surface area contributed by atoms with Crippen molar-refractivity contribution in [2.75, 3.05) is 45.3 Å². The Bertz CT molecular complexity index is 1860. The molecule has 0 bridgehead atoms. The van der Waals surface area contributed by atoms with Crippen molar-refractivity contribution in [2.45, 2.75) is 37.6 Å². The van der Waals surface area contributed by atoms with Crippen molar-refractivity contribution in [1.29, 1.82) is 0 Å². The van der Waals surface area contributed by atoms with Crippen LogP contribution in [0.1, 0.15) is 43.9 Å². The molecule has 0 fully saturated rings. The summed E-state index contributed by atoms with van der Waals surface area (Å²) < 4.78 is 11.0. The van der Waals surface area contributed by atoms with Crippen LogP contribution in [-0.2, 0) is 43.7 Å². The van der Waals surface area contributed by atoms with Crippen LogP contribution >= 0.6 is 12.4 Å². The van der Waals surface area contributed by atoms with Gasteiger partial charge in [-0.3, -0.25) is 19.7 Å². The molecule has 2 atom stereocenters. The van der Waals surface area contributed by atoms with Gasteiger partial charge in [-0.05, 0) is 60.8 Å². The highest BCUT2D eigenvalue weighted by atomic mass is 35.5. The lowest BCUT2D eigenvalue weighted by molar-refractivity contribution is -0.139. The second-order valence-corrected chi connectivity index (χ2v) is 11.9. The molecule has 0 saturated heterocycles. The van der Waals surface area contributed by atoms with Crippen LogP contribution < -0.4 is 16.0 Å². The standard InChI is InChI=1S/C34H37N7O6.ClH/c1-20-10-22(11-24-19-38-41-29(20)24)13-27(32(43)44)39-31(42)25-14-23-15-34(16-28(23)36-18-25)26-12-21(17-37-30(26)40-33(34)45)4-3-6-46-8-9-47-7-5-35-2;/h3-4,10-12,14,17-19,27,35H,5-9,13,15-16H2,1-2H3,(H,38,41)(H,39,42)(H,43,44)(H,37,40,45);1H/b4-3+;/t27-,34+;/m1./s1. The van der Waals surface area contributed by atoms with Crippen LogP contribution in [0.15, 0.2) is 48.9 Å². The summed E-state index contributed by atoms with van der Waals surface area (Å²) in [5.74, 6) is -1.34. The molecule has 1 aliphatic carbocycles. The molecule has 6 rings (SSSR count). The molecule has 48 heavy (non-hydrogen) atoms. The van der Waals surface area contributed by atoms with Gasteiger partial charge in [-0.25, -0.2) is 9.78 Å². The first kappa shape index (κ1) is 34.6. The van der Waals surface area contributed by atoms with Crippen LogP contribution in [0.3, 0.4) is 0 Å². The van der Waals surface area contributed by atoms with Crippen molar-refractivity contribution >= 4 is 53.0 Å². The minimum Gasteiger partial charge on any atom is -0.480 e. The number of halogens is 1. The van der Waals surface area contributed by atoms with Gasteiger partial charge in [0.2, 0.25) is 5.91 Å². The molecule has 14 heteroatoms. The maximum absolute atomic E-state index is 13.4. The van der Waals surface area contributed by atoms with Gasteiger partial charge in [0.05, 0.1) is 49.1 Å². The van der Waals surface area contributed by atoms with Crippen molar-refractivity contribution in [2.24, 2.45) is 0 Å². The van der Waals surface area contributed by atoms with Gasteiger partial charge in [-0.1, -0.05) is 18.2 Å². The van der Waals surface area contributed by atoms with Crippen molar-refractivity contribution in [3.05, 3.63) is 88.0 Å². The van der Waals surface area contributed by atoms with E-state index in [0.29, 0.717) is 45.1 Å². The maximum Gasteiger partial charge on any atom is 0.326 e. The van der Waals surface area contributed by atoms with Crippen LogP contribution in [0.5, 0.6) is 0 Å². The smallest absolute Gasteiger partial charge is 0.326 e. The summed E-state index contributed by atoms with van der Waals surface area (Å²) in [5.41, 5.74) is 5.02. The van der Waals surface area contributed by atoms with Gasteiger partial charge in [-0.15, -0.1) is 12.4 Å². The summed E-state index contributed by atoms with van der Waals surface area (Å²) >= 11 is 0. The number of carbonyl (C=O) groups is 3. The van der Waals surface area contributed by atoms with E-state index in [9.17, 15) is 19.5 Å². The number of ether oxygens (including phenoxy) is 2. The van der Waals surface area contributed by atoms with Crippen molar-refractivity contribution in [3.63, 3.8) is 0 Å². The van der Waals surface area contributed by atoms with Gasteiger partial charge >= 0.3 is 5.97 Å². The van der Waals surface area contributed by atoms with E-state index >= 15 is 0 Å². The number of anilines is 1. The molecule has 1 aromatic carbocycles. The molecule has 1 aliphatic heterocycles. The molecular formula is C34H38ClN7O6. The number of likely N-dealkylation sites (N-methyl/N-ethyl adjacent to an activating group) is 1. The number of aryl methyl sites for hydroxylation is 1. The molecule has 1 spiro atoms. The minimum atomic E-state index is -1.15. The molecule has 13 nitrogen and oxygen atoms in total. The van der Waals surface area contributed by atoms with E-state index in [0.717, 1.165) is 51.0 Å². The van der Waals surface area contributed by atoms with Crippen LogP contribution in [-0.4, -0.2) is 89.1 Å². The fraction of sp³-hybridized carbons (Fsp3) is 0.353. The van der Waals surface area contributed by atoms with Crippen LogP contribution in [0.2, 0.25) is 0 Å². The summed E-state index contributed by atoms with van der Waals surface area (Å²) in [7, 11) is 1.87. The van der Waals surface area contributed by atoms with Gasteiger partial charge in [0, 0.05) is 48.4 Å². The number of pyridine rings is 2. The Morgan fingerprint density at radius 1 is 1.08 bits per heavy atom. The van der Waals surface area contributed by atoms with Crippen LogP contribution in [0.4, 0.5) is 5.82 Å². The Hall–Kier alpha value is -4.69. The number of nitrogens with zero attached hydrogens (tertiary/aromatic N) is 3. The quantitative estimate of drug-likeness (QED) is 0.125. The van der Waals surface area contributed by atoms with Crippen LogP contribution in [0.25, 0.3) is 17.0 Å². The number of hydrogen-bond acceptors (Lipinski definition) is 9. The van der Waals surface area contributed by atoms with E-state index in [1.807, 2.05) is 44.3 Å². The number of H-pyrrole nitrogens is 1. The molecule has 2 aliphatic rings. The molecule has 0 radical (unpaired) electrons. The van der Waals surface area contributed by atoms with Crippen molar-refractivity contribution in [1.82, 2.24) is 30.8 Å². The van der Waals surface area contributed by atoms with Gasteiger partial charge in [0.1, 0.15) is 11.9 Å². The summed E-state index contributed by atoms with van der Waals surface area (Å²) in [5, 5.41) is 26.4. The monoisotopic (exact) mass is 675 g/mol. The third-order valence-corrected chi connectivity index (χ3v) is 8.62. The van der Waals surface area contributed by atoms with Gasteiger partial charge < -0.3 is 30.5 Å². The number of nitrogens with one attached hydrogen (secondary N) is 4. The lowest BCUT2D eigenvalue weighted by atomic mass is 9.79. The number of carboxylic acids is 1. The highest BCUT2D eigenvalue weighted by Gasteiger charge is 2.52. The first-order chi connectivity index (χ1) is 22.8. The summed E-state index contributed by atoms with van der Waals surface area (Å²) in [6, 6.07) is 6.25. The van der Waals surface area contributed by atoms with E-state index in [2.05, 4.69) is 36.1 Å². The third-order valence-electron chi connectivity index (χ3n) is 8.62. The number of amides is 2. The molecule has 252 valence electrons. The van der Waals surface area contributed by atoms with Crippen molar-refractivity contribution in [3.8, 4) is 0 Å². The lowest BCUT2D eigenvalue weighted by Gasteiger charge is -2.20. The number of aliphatic carboxylic acids is 1. The molecule has 4 aromatic rings. The summed E-state index contributed by atoms with van der Waals surface area (Å²) in [6.45, 7) is 4.77. The fourth-order valence-electron chi connectivity index (χ4n) is 6.22. The SMILES string of the molecule is CNCCOCCOC/C=C/c1cnc2c(c1)[C@@]1(Cc3cc(C(=O)N[C@H](Cc4cc(C)c5[nH]ncc5c4)C(=O)O)cnc3C1)C(=O)N2.Cl. The Morgan fingerprint density at radius 3 is 2.73 bits per heavy atom. The van der Waals surface area contributed by atoms with E-state index in [4.69, 9.17) is 9.47 Å². The first-order valence-electron chi connectivity index (χ1n) is 15.5. The number of carbonyl (C=O) groups excluding carboxylic acids is 2. The molecule has 3 aromatic heterocycles.